The number of aromatic nitrogens is 2. The maximum absolute atomic E-state index is 12.4. The van der Waals surface area contributed by atoms with Crippen LogP contribution in [0.5, 0.6) is 0 Å². The third-order valence-corrected chi connectivity index (χ3v) is 5.31. The Balaban J connectivity index is 1.79. The molecular formula is C16H14BrN3O3S. The van der Waals surface area contributed by atoms with E-state index in [4.69, 9.17) is 0 Å². The lowest BCUT2D eigenvalue weighted by Gasteiger charge is -2.05. The van der Waals surface area contributed by atoms with Gasteiger partial charge in [0.05, 0.1) is 11.0 Å². The van der Waals surface area contributed by atoms with Crippen molar-refractivity contribution in [3.8, 4) is 0 Å². The van der Waals surface area contributed by atoms with Gasteiger partial charge in [0.1, 0.15) is 5.75 Å². The van der Waals surface area contributed by atoms with Crippen molar-refractivity contribution in [3.05, 3.63) is 52.5 Å². The largest absolute Gasteiger partial charge is 0.329 e. The quantitative estimate of drug-likeness (QED) is 0.694. The van der Waals surface area contributed by atoms with E-state index in [-0.39, 0.29) is 5.16 Å². The summed E-state index contributed by atoms with van der Waals surface area (Å²) in [6.07, 6.45) is 0. The molecule has 0 radical (unpaired) electrons. The van der Waals surface area contributed by atoms with E-state index < -0.39 is 21.5 Å². The second kappa shape index (κ2) is 6.37. The summed E-state index contributed by atoms with van der Waals surface area (Å²) in [4.78, 5) is 18.8. The van der Waals surface area contributed by atoms with Crippen LogP contribution in [0.1, 0.15) is 5.56 Å². The summed E-state index contributed by atoms with van der Waals surface area (Å²) in [5.41, 5.74) is 2.69. The van der Waals surface area contributed by atoms with Gasteiger partial charge >= 0.3 is 0 Å². The molecule has 8 heteroatoms. The first kappa shape index (κ1) is 16.7. The van der Waals surface area contributed by atoms with Crippen LogP contribution in [0.15, 0.2) is 52.1 Å². The van der Waals surface area contributed by atoms with Gasteiger partial charge in [0, 0.05) is 10.2 Å². The van der Waals surface area contributed by atoms with Gasteiger partial charge in [-0.2, -0.15) is 0 Å². The van der Waals surface area contributed by atoms with Crippen LogP contribution in [0, 0.1) is 6.92 Å². The number of halogens is 1. The molecule has 0 spiro atoms. The summed E-state index contributed by atoms with van der Waals surface area (Å²) >= 11 is 3.29. The molecule has 0 fully saturated rings. The van der Waals surface area contributed by atoms with E-state index >= 15 is 0 Å². The number of nitrogens with zero attached hydrogens (tertiary/aromatic N) is 1. The van der Waals surface area contributed by atoms with Gasteiger partial charge < -0.3 is 10.3 Å². The molecule has 1 heterocycles. The van der Waals surface area contributed by atoms with Crippen LogP contribution >= 0.6 is 15.9 Å². The van der Waals surface area contributed by atoms with Gasteiger partial charge in [-0.05, 0) is 48.9 Å². The topological polar surface area (TPSA) is 91.9 Å². The van der Waals surface area contributed by atoms with Crippen LogP contribution in [-0.4, -0.2) is 30.0 Å². The number of anilines is 1. The first-order chi connectivity index (χ1) is 11.3. The summed E-state index contributed by atoms with van der Waals surface area (Å²) in [6.45, 7) is 1.90. The molecule has 3 rings (SSSR count). The van der Waals surface area contributed by atoms with E-state index in [2.05, 4.69) is 31.2 Å². The summed E-state index contributed by atoms with van der Waals surface area (Å²) in [5.74, 6) is -1.30. The Morgan fingerprint density at radius 2 is 1.92 bits per heavy atom. The zero-order valence-corrected chi connectivity index (χ0v) is 15.1. The third kappa shape index (κ3) is 3.65. The van der Waals surface area contributed by atoms with Gasteiger partial charge in [-0.15, -0.1) is 0 Å². The minimum atomic E-state index is -3.85. The summed E-state index contributed by atoms with van der Waals surface area (Å²) in [5, 5.41) is 2.36. The summed E-state index contributed by atoms with van der Waals surface area (Å²) < 4.78 is 25.6. The van der Waals surface area contributed by atoms with Gasteiger partial charge in [0.25, 0.3) is 0 Å². The number of aromatic amines is 1. The number of fused-ring (bicyclic) bond motifs is 1. The molecule has 0 saturated heterocycles. The number of carbonyl (C=O) groups excluding carboxylic acids is 1. The number of hydrogen-bond donors (Lipinski definition) is 2. The molecule has 1 amide bonds. The van der Waals surface area contributed by atoms with Gasteiger partial charge in [0.15, 0.2) is 0 Å². The summed E-state index contributed by atoms with van der Waals surface area (Å²) in [6, 6.07) is 12.3. The molecule has 1 aromatic heterocycles. The normalized spacial score (nSPS) is 11.6. The molecule has 24 heavy (non-hydrogen) atoms. The molecule has 2 N–H and O–H groups in total. The number of sulfone groups is 1. The average Bonchev–Trinajstić information content (AvgIpc) is 2.93. The highest BCUT2D eigenvalue weighted by Gasteiger charge is 2.23. The van der Waals surface area contributed by atoms with Crippen molar-refractivity contribution in [2.45, 2.75) is 12.1 Å². The number of H-pyrrole nitrogens is 1. The Hall–Kier alpha value is -2.19. The van der Waals surface area contributed by atoms with E-state index in [1.807, 2.05) is 19.1 Å². The Morgan fingerprint density at radius 3 is 2.62 bits per heavy atom. The average molecular weight is 408 g/mol. The van der Waals surface area contributed by atoms with Gasteiger partial charge in [-0.3, -0.25) is 4.79 Å². The van der Waals surface area contributed by atoms with Crippen LogP contribution < -0.4 is 5.32 Å². The maximum Gasteiger partial charge on any atom is 0.240 e. The van der Waals surface area contributed by atoms with Crippen molar-refractivity contribution in [1.29, 1.82) is 0 Å². The molecule has 0 bridgehead atoms. The van der Waals surface area contributed by atoms with Crippen LogP contribution in [0.2, 0.25) is 0 Å². The molecule has 0 unspecified atom stereocenters. The Bertz CT molecular complexity index is 1010. The van der Waals surface area contributed by atoms with Crippen molar-refractivity contribution < 1.29 is 13.2 Å². The van der Waals surface area contributed by atoms with E-state index in [9.17, 15) is 13.2 Å². The highest BCUT2D eigenvalue weighted by molar-refractivity contribution is 9.10. The molecule has 0 aliphatic carbocycles. The van der Waals surface area contributed by atoms with Crippen molar-refractivity contribution in [1.82, 2.24) is 9.97 Å². The zero-order chi connectivity index (χ0) is 17.3. The fourth-order valence-corrected chi connectivity index (χ4v) is 3.54. The van der Waals surface area contributed by atoms with Crippen molar-refractivity contribution >= 4 is 48.4 Å². The van der Waals surface area contributed by atoms with Crippen LogP contribution in [0.3, 0.4) is 0 Å². The van der Waals surface area contributed by atoms with Crippen molar-refractivity contribution in [3.63, 3.8) is 0 Å². The Labute approximate surface area is 147 Å². The van der Waals surface area contributed by atoms with Gasteiger partial charge in [0.2, 0.25) is 20.9 Å². The van der Waals surface area contributed by atoms with Crippen molar-refractivity contribution in [2.24, 2.45) is 0 Å². The number of imidazole rings is 1. The monoisotopic (exact) mass is 407 g/mol. The van der Waals surface area contributed by atoms with Gasteiger partial charge in [-0.1, -0.05) is 22.0 Å². The van der Waals surface area contributed by atoms with E-state index in [0.717, 1.165) is 10.0 Å². The fourth-order valence-electron chi connectivity index (χ4n) is 2.22. The Morgan fingerprint density at radius 1 is 1.21 bits per heavy atom. The molecule has 6 nitrogen and oxygen atoms in total. The molecule has 3 aromatic rings. The highest BCUT2D eigenvalue weighted by Crippen LogP contribution is 2.18. The van der Waals surface area contributed by atoms with Crippen LogP contribution in [0.4, 0.5) is 5.69 Å². The number of aryl methyl sites for hydroxylation is 1. The van der Waals surface area contributed by atoms with E-state index in [0.29, 0.717) is 16.7 Å². The smallest absolute Gasteiger partial charge is 0.240 e. The second-order valence-electron chi connectivity index (χ2n) is 5.38. The number of benzene rings is 2. The van der Waals surface area contributed by atoms with E-state index in [1.165, 1.54) is 0 Å². The molecule has 124 valence electrons. The molecule has 2 aromatic carbocycles. The van der Waals surface area contributed by atoms with E-state index in [1.54, 1.807) is 30.3 Å². The highest BCUT2D eigenvalue weighted by atomic mass is 79.9. The molecule has 0 atom stereocenters. The minimum absolute atomic E-state index is 0.200. The Kier molecular flexibility index (Phi) is 4.42. The molecule has 0 saturated carbocycles. The minimum Gasteiger partial charge on any atom is -0.329 e. The predicted octanol–water partition coefficient (Wildman–Crippen LogP) is 3.05. The number of hydrogen-bond acceptors (Lipinski definition) is 4. The zero-order valence-electron chi connectivity index (χ0n) is 12.7. The second-order valence-corrected chi connectivity index (χ2v) is 8.20. The first-order valence-corrected chi connectivity index (χ1v) is 9.52. The van der Waals surface area contributed by atoms with Crippen molar-refractivity contribution in [2.75, 3.05) is 11.1 Å². The van der Waals surface area contributed by atoms with Crippen LogP contribution in [-0.2, 0) is 14.6 Å². The van der Waals surface area contributed by atoms with Gasteiger partial charge in [-0.25, -0.2) is 13.4 Å². The summed E-state index contributed by atoms with van der Waals surface area (Å²) in [7, 11) is -3.85. The van der Waals surface area contributed by atoms with Crippen LogP contribution in [0.25, 0.3) is 11.0 Å². The molecule has 0 aliphatic heterocycles. The SMILES string of the molecule is Cc1ccc2nc(S(=O)(=O)CC(=O)Nc3ccc(Br)cc3)[nH]c2c1. The number of nitrogens with one attached hydrogen (secondary N) is 2. The number of amides is 1. The fraction of sp³-hybridized carbons (Fsp3) is 0.125. The lowest BCUT2D eigenvalue weighted by molar-refractivity contribution is -0.113. The number of rotatable bonds is 4. The number of carbonyl (C=O) groups is 1. The predicted molar refractivity (Wildman–Crippen MR) is 95.7 cm³/mol. The maximum atomic E-state index is 12.4. The standard InChI is InChI=1S/C16H14BrN3O3S/c1-10-2-7-13-14(8-10)20-16(19-13)24(22,23)9-15(21)18-12-5-3-11(17)4-6-12/h2-8H,9H2,1H3,(H,18,21)(H,19,20). The third-order valence-electron chi connectivity index (χ3n) is 3.36. The first-order valence-electron chi connectivity index (χ1n) is 7.08. The molecule has 0 aliphatic rings. The lowest BCUT2D eigenvalue weighted by Crippen LogP contribution is -2.23. The molecular weight excluding hydrogens is 394 g/mol. The lowest BCUT2D eigenvalue weighted by atomic mass is 10.2.